The van der Waals surface area contributed by atoms with Crippen LogP contribution in [0.3, 0.4) is 0 Å². The molecule has 1 aliphatic rings. The Labute approximate surface area is 183 Å². The van der Waals surface area contributed by atoms with Gasteiger partial charge in [-0.1, -0.05) is 31.2 Å². The number of ether oxygens (including phenoxy) is 3. The highest BCUT2D eigenvalue weighted by atomic mass is 16.5. The number of rotatable bonds is 7. The first-order valence-electron chi connectivity index (χ1n) is 10.6. The molecule has 0 spiro atoms. The SMILES string of the molecule is COc1ccc([C@@H]2CNC[C@@]2(C)[C@H](C)O)cc1Oc1ccc(Oc2ccccc2)cc1. The van der Waals surface area contributed by atoms with Crippen LogP contribution in [0.4, 0.5) is 0 Å². The molecule has 3 atom stereocenters. The van der Waals surface area contributed by atoms with Gasteiger partial charge in [0.15, 0.2) is 11.5 Å². The average molecular weight is 420 g/mol. The highest BCUT2D eigenvalue weighted by Gasteiger charge is 2.43. The molecule has 31 heavy (non-hydrogen) atoms. The Balaban J connectivity index is 1.54. The summed E-state index contributed by atoms with van der Waals surface area (Å²) in [5.41, 5.74) is 0.885. The van der Waals surface area contributed by atoms with Crippen molar-refractivity contribution >= 4 is 0 Å². The Morgan fingerprint density at radius 1 is 0.903 bits per heavy atom. The minimum atomic E-state index is -0.420. The van der Waals surface area contributed by atoms with E-state index in [1.165, 1.54) is 0 Å². The first-order valence-corrected chi connectivity index (χ1v) is 10.6. The average Bonchev–Trinajstić information content (AvgIpc) is 3.19. The molecule has 0 aliphatic carbocycles. The largest absolute Gasteiger partial charge is 0.493 e. The second-order valence-electron chi connectivity index (χ2n) is 8.26. The highest BCUT2D eigenvalue weighted by Crippen LogP contribution is 2.44. The lowest BCUT2D eigenvalue weighted by Gasteiger charge is -2.34. The predicted molar refractivity (Wildman–Crippen MR) is 121 cm³/mol. The summed E-state index contributed by atoms with van der Waals surface area (Å²) in [4.78, 5) is 0. The van der Waals surface area contributed by atoms with Crippen molar-refractivity contribution in [3.63, 3.8) is 0 Å². The molecule has 3 aromatic carbocycles. The van der Waals surface area contributed by atoms with E-state index in [1.807, 2.05) is 73.7 Å². The van der Waals surface area contributed by atoms with Crippen molar-refractivity contribution in [3.05, 3.63) is 78.4 Å². The number of aliphatic hydroxyl groups is 1. The van der Waals surface area contributed by atoms with Gasteiger partial charge in [-0.2, -0.15) is 0 Å². The number of para-hydroxylation sites is 1. The minimum Gasteiger partial charge on any atom is -0.493 e. The molecule has 0 bridgehead atoms. The molecule has 0 unspecified atom stereocenters. The summed E-state index contributed by atoms with van der Waals surface area (Å²) in [5, 5.41) is 13.8. The molecule has 5 nitrogen and oxygen atoms in total. The van der Waals surface area contributed by atoms with E-state index >= 15 is 0 Å². The van der Waals surface area contributed by atoms with Gasteiger partial charge in [0.25, 0.3) is 0 Å². The maximum Gasteiger partial charge on any atom is 0.169 e. The second-order valence-corrected chi connectivity index (χ2v) is 8.26. The summed E-state index contributed by atoms with van der Waals surface area (Å²) in [6.45, 7) is 5.58. The molecule has 0 aromatic heterocycles. The van der Waals surface area contributed by atoms with Crippen LogP contribution in [0.1, 0.15) is 25.3 Å². The molecule has 0 amide bonds. The smallest absolute Gasteiger partial charge is 0.169 e. The second kappa shape index (κ2) is 9.00. The van der Waals surface area contributed by atoms with Crippen LogP contribution in [0.15, 0.2) is 72.8 Å². The minimum absolute atomic E-state index is 0.183. The van der Waals surface area contributed by atoms with Gasteiger partial charge in [-0.3, -0.25) is 0 Å². The van der Waals surface area contributed by atoms with Gasteiger partial charge in [-0.05, 0) is 61.0 Å². The number of hydrogen-bond acceptors (Lipinski definition) is 5. The van der Waals surface area contributed by atoms with Crippen LogP contribution in [0, 0.1) is 5.41 Å². The van der Waals surface area contributed by atoms with E-state index in [-0.39, 0.29) is 11.3 Å². The number of aliphatic hydroxyl groups excluding tert-OH is 1. The molecule has 0 saturated carbocycles. The number of nitrogens with one attached hydrogen (secondary N) is 1. The van der Waals surface area contributed by atoms with Crippen LogP contribution < -0.4 is 19.5 Å². The maximum atomic E-state index is 10.4. The van der Waals surface area contributed by atoms with E-state index in [0.717, 1.165) is 30.2 Å². The summed E-state index contributed by atoms with van der Waals surface area (Å²) in [5.74, 6) is 3.72. The lowest BCUT2D eigenvalue weighted by molar-refractivity contribution is 0.0549. The fourth-order valence-electron chi connectivity index (χ4n) is 4.10. The fraction of sp³-hybridized carbons (Fsp3) is 0.308. The van der Waals surface area contributed by atoms with E-state index < -0.39 is 6.10 Å². The van der Waals surface area contributed by atoms with Crippen molar-refractivity contribution in [2.24, 2.45) is 5.41 Å². The lowest BCUT2D eigenvalue weighted by atomic mass is 9.72. The zero-order valence-corrected chi connectivity index (χ0v) is 18.2. The third-order valence-electron chi connectivity index (χ3n) is 6.23. The topological polar surface area (TPSA) is 60.0 Å². The van der Waals surface area contributed by atoms with E-state index in [9.17, 15) is 5.11 Å². The molecule has 0 radical (unpaired) electrons. The molecule has 1 fully saturated rings. The molecule has 5 heteroatoms. The van der Waals surface area contributed by atoms with Crippen LogP contribution in [-0.2, 0) is 0 Å². The van der Waals surface area contributed by atoms with Crippen LogP contribution in [0.2, 0.25) is 0 Å². The normalized spacial score (nSPS) is 21.5. The first kappa shape index (κ1) is 21.2. The van der Waals surface area contributed by atoms with Gasteiger partial charge in [0, 0.05) is 24.4 Å². The molecule has 1 heterocycles. The molecule has 3 aromatic rings. The number of methoxy groups -OCH3 is 1. The zero-order valence-electron chi connectivity index (χ0n) is 18.2. The third kappa shape index (κ3) is 4.53. The molecular formula is C26H29NO4. The Morgan fingerprint density at radius 3 is 2.19 bits per heavy atom. The van der Waals surface area contributed by atoms with E-state index in [2.05, 4.69) is 18.3 Å². The molecule has 4 rings (SSSR count). The summed E-state index contributed by atoms with van der Waals surface area (Å²) in [6, 6.07) is 23.2. The zero-order chi connectivity index (χ0) is 21.8. The van der Waals surface area contributed by atoms with Gasteiger partial charge in [-0.15, -0.1) is 0 Å². The van der Waals surface area contributed by atoms with Gasteiger partial charge < -0.3 is 24.6 Å². The van der Waals surface area contributed by atoms with Crippen LogP contribution in [-0.4, -0.2) is 31.4 Å². The van der Waals surface area contributed by atoms with Crippen molar-refractivity contribution in [2.45, 2.75) is 25.9 Å². The quantitative estimate of drug-likeness (QED) is 0.540. The Bertz CT molecular complexity index is 1000. The van der Waals surface area contributed by atoms with Crippen LogP contribution >= 0.6 is 0 Å². The fourth-order valence-corrected chi connectivity index (χ4v) is 4.10. The lowest BCUT2D eigenvalue weighted by Crippen LogP contribution is -2.36. The Hall–Kier alpha value is -3.02. The summed E-state index contributed by atoms with van der Waals surface area (Å²) in [6.07, 6.45) is -0.420. The highest BCUT2D eigenvalue weighted by molar-refractivity contribution is 5.48. The molecule has 162 valence electrons. The van der Waals surface area contributed by atoms with Crippen LogP contribution in [0.5, 0.6) is 28.7 Å². The molecule has 1 aliphatic heterocycles. The van der Waals surface area contributed by atoms with Gasteiger partial charge in [0.2, 0.25) is 0 Å². The van der Waals surface area contributed by atoms with Crippen molar-refractivity contribution in [1.82, 2.24) is 5.32 Å². The first-order chi connectivity index (χ1) is 15.0. The van der Waals surface area contributed by atoms with Crippen molar-refractivity contribution in [1.29, 1.82) is 0 Å². The van der Waals surface area contributed by atoms with Gasteiger partial charge in [-0.25, -0.2) is 0 Å². The number of hydrogen-bond donors (Lipinski definition) is 2. The molecule has 1 saturated heterocycles. The Kier molecular flexibility index (Phi) is 6.16. The predicted octanol–water partition coefficient (Wildman–Crippen LogP) is 5.35. The third-order valence-corrected chi connectivity index (χ3v) is 6.23. The van der Waals surface area contributed by atoms with Crippen molar-refractivity contribution < 1.29 is 19.3 Å². The van der Waals surface area contributed by atoms with Gasteiger partial charge >= 0.3 is 0 Å². The molecule has 2 N–H and O–H groups in total. The van der Waals surface area contributed by atoms with Crippen molar-refractivity contribution in [3.8, 4) is 28.7 Å². The van der Waals surface area contributed by atoms with Gasteiger partial charge in [0.1, 0.15) is 17.2 Å². The summed E-state index contributed by atoms with van der Waals surface area (Å²) in [7, 11) is 1.63. The van der Waals surface area contributed by atoms with Crippen molar-refractivity contribution in [2.75, 3.05) is 20.2 Å². The van der Waals surface area contributed by atoms with Gasteiger partial charge in [0.05, 0.1) is 13.2 Å². The Morgan fingerprint density at radius 2 is 1.55 bits per heavy atom. The maximum absolute atomic E-state index is 10.4. The summed E-state index contributed by atoms with van der Waals surface area (Å²) < 4.78 is 17.5. The van der Waals surface area contributed by atoms with Crippen LogP contribution in [0.25, 0.3) is 0 Å². The summed E-state index contributed by atoms with van der Waals surface area (Å²) >= 11 is 0. The standard InChI is InChI=1S/C26H29NO4/c1-18(28)26(2)17-27-16-23(26)19-9-14-24(29-3)25(15-19)31-22-12-10-21(11-13-22)30-20-7-5-4-6-8-20/h4-15,18,23,27-28H,16-17H2,1-3H3/t18-,23-,26-/m0/s1. The van der Waals surface area contributed by atoms with E-state index in [1.54, 1.807) is 7.11 Å². The van der Waals surface area contributed by atoms with E-state index in [4.69, 9.17) is 14.2 Å². The molecular weight excluding hydrogens is 390 g/mol. The number of benzene rings is 3. The monoisotopic (exact) mass is 419 g/mol. The van der Waals surface area contributed by atoms with E-state index in [0.29, 0.717) is 17.2 Å².